The Morgan fingerprint density at radius 3 is 2.30 bits per heavy atom. The number of aliphatic hydroxyl groups is 1. The number of β-amino-alcohol motifs (C(OH)–C–C–N with tert-alkyl or cyclic N) is 1. The van der Waals surface area contributed by atoms with Crippen molar-refractivity contribution in [1.29, 1.82) is 0 Å². The largest absolute Gasteiger partial charge is 0.389 e. The Morgan fingerprint density at radius 1 is 1.17 bits per heavy atom. The van der Waals surface area contributed by atoms with E-state index in [1.54, 1.807) is 0 Å². The van der Waals surface area contributed by atoms with Crippen LogP contribution in [0.15, 0.2) is 0 Å². The summed E-state index contributed by atoms with van der Waals surface area (Å²) in [5.74, 6) is 1.62. The SMILES string of the molecule is C[C@@H]1C[C@@H](CC(=O)N2CCN(CC(C)(C)O)CC2)CC(C)(C)C1. The number of nitrogens with zero attached hydrogens (tertiary/aromatic N) is 2. The maximum Gasteiger partial charge on any atom is 0.222 e. The van der Waals surface area contributed by atoms with E-state index in [9.17, 15) is 9.90 Å². The highest BCUT2D eigenvalue weighted by Gasteiger charge is 2.34. The number of carbonyl (C=O) groups is 1. The molecule has 4 heteroatoms. The fourth-order valence-corrected chi connectivity index (χ4v) is 4.78. The summed E-state index contributed by atoms with van der Waals surface area (Å²) in [6.45, 7) is 14.8. The summed E-state index contributed by atoms with van der Waals surface area (Å²) in [4.78, 5) is 16.9. The first-order valence-corrected chi connectivity index (χ1v) is 9.27. The van der Waals surface area contributed by atoms with Gasteiger partial charge in [0.05, 0.1) is 5.60 Å². The van der Waals surface area contributed by atoms with Crippen molar-refractivity contribution in [3.63, 3.8) is 0 Å². The molecule has 1 aliphatic carbocycles. The molecule has 0 unspecified atom stereocenters. The average molecular weight is 325 g/mol. The summed E-state index contributed by atoms with van der Waals surface area (Å²) in [5.41, 5.74) is -0.274. The minimum Gasteiger partial charge on any atom is -0.389 e. The molecule has 0 bridgehead atoms. The van der Waals surface area contributed by atoms with Crippen LogP contribution in [-0.4, -0.2) is 59.1 Å². The Labute approximate surface area is 142 Å². The lowest BCUT2D eigenvalue weighted by Crippen LogP contribution is -2.52. The molecule has 2 fully saturated rings. The van der Waals surface area contributed by atoms with Crippen molar-refractivity contribution < 1.29 is 9.90 Å². The molecular weight excluding hydrogens is 288 g/mol. The van der Waals surface area contributed by atoms with Gasteiger partial charge in [-0.2, -0.15) is 0 Å². The van der Waals surface area contributed by atoms with Crippen LogP contribution in [0.5, 0.6) is 0 Å². The molecule has 134 valence electrons. The molecule has 0 aromatic heterocycles. The van der Waals surface area contributed by atoms with Gasteiger partial charge in [-0.05, 0) is 50.4 Å². The summed E-state index contributed by atoms with van der Waals surface area (Å²) in [6.07, 6.45) is 4.39. The standard InChI is InChI=1S/C19H36N2O2/c1-15-10-16(13-18(2,3)12-15)11-17(22)21-8-6-20(7-9-21)14-19(4,5)23/h15-16,23H,6-14H2,1-5H3/t15-,16+/m1/s1. The van der Waals surface area contributed by atoms with Crippen LogP contribution in [0.3, 0.4) is 0 Å². The van der Waals surface area contributed by atoms with Crippen molar-refractivity contribution in [2.45, 2.75) is 65.9 Å². The van der Waals surface area contributed by atoms with Crippen molar-refractivity contribution >= 4 is 5.91 Å². The molecule has 1 N–H and O–H groups in total. The molecule has 1 saturated heterocycles. The molecule has 4 nitrogen and oxygen atoms in total. The summed E-state index contributed by atoms with van der Waals surface area (Å²) in [7, 11) is 0. The van der Waals surface area contributed by atoms with Gasteiger partial charge in [0, 0.05) is 39.1 Å². The topological polar surface area (TPSA) is 43.8 Å². The Kier molecular flexibility index (Phi) is 5.78. The van der Waals surface area contributed by atoms with Gasteiger partial charge >= 0.3 is 0 Å². The lowest BCUT2D eigenvalue weighted by atomic mass is 9.67. The molecule has 0 spiro atoms. The molecule has 2 aliphatic rings. The molecule has 1 aliphatic heterocycles. The van der Waals surface area contributed by atoms with Gasteiger partial charge in [0.25, 0.3) is 0 Å². The van der Waals surface area contributed by atoms with Gasteiger partial charge in [-0.15, -0.1) is 0 Å². The molecule has 23 heavy (non-hydrogen) atoms. The first-order valence-electron chi connectivity index (χ1n) is 9.27. The van der Waals surface area contributed by atoms with Gasteiger partial charge < -0.3 is 10.0 Å². The summed E-state index contributed by atoms with van der Waals surface area (Å²) < 4.78 is 0. The number of hydrogen-bond donors (Lipinski definition) is 1. The van der Waals surface area contributed by atoms with Crippen molar-refractivity contribution in [3.8, 4) is 0 Å². The fourth-order valence-electron chi connectivity index (χ4n) is 4.78. The minimum atomic E-state index is -0.657. The highest BCUT2D eigenvalue weighted by molar-refractivity contribution is 5.76. The van der Waals surface area contributed by atoms with E-state index in [0.29, 0.717) is 23.8 Å². The molecule has 1 saturated carbocycles. The first-order chi connectivity index (χ1) is 10.5. The second kappa shape index (κ2) is 7.10. The zero-order chi connectivity index (χ0) is 17.3. The molecule has 1 amide bonds. The predicted molar refractivity (Wildman–Crippen MR) is 94.2 cm³/mol. The van der Waals surface area contributed by atoms with E-state index in [0.717, 1.165) is 38.5 Å². The minimum absolute atomic E-state index is 0.336. The van der Waals surface area contributed by atoms with Crippen LogP contribution in [0.2, 0.25) is 0 Å². The van der Waals surface area contributed by atoms with Crippen LogP contribution >= 0.6 is 0 Å². The van der Waals surface area contributed by atoms with Crippen LogP contribution < -0.4 is 0 Å². The second-order valence-electron chi connectivity index (χ2n) is 9.45. The van der Waals surface area contributed by atoms with E-state index in [1.807, 2.05) is 18.7 Å². The number of carbonyl (C=O) groups excluding carboxylic acids is 1. The van der Waals surface area contributed by atoms with Gasteiger partial charge in [0.2, 0.25) is 5.91 Å². The Hall–Kier alpha value is -0.610. The molecule has 2 atom stereocenters. The molecule has 0 radical (unpaired) electrons. The zero-order valence-electron chi connectivity index (χ0n) is 15.8. The highest BCUT2D eigenvalue weighted by atomic mass is 16.3. The number of rotatable bonds is 4. The summed E-state index contributed by atoms with van der Waals surface area (Å²) in [6, 6.07) is 0. The molecular formula is C19H36N2O2. The van der Waals surface area contributed by atoms with Crippen molar-refractivity contribution in [2.75, 3.05) is 32.7 Å². The number of amides is 1. The maximum absolute atomic E-state index is 12.6. The van der Waals surface area contributed by atoms with E-state index >= 15 is 0 Å². The third-order valence-corrected chi connectivity index (χ3v) is 5.28. The average Bonchev–Trinajstić information content (AvgIpc) is 2.34. The van der Waals surface area contributed by atoms with Gasteiger partial charge in [-0.25, -0.2) is 0 Å². The molecule has 0 aromatic rings. The number of hydrogen-bond acceptors (Lipinski definition) is 3. The third kappa shape index (κ3) is 6.07. The lowest BCUT2D eigenvalue weighted by Gasteiger charge is -2.41. The van der Waals surface area contributed by atoms with Gasteiger partial charge in [-0.3, -0.25) is 9.69 Å². The first kappa shape index (κ1) is 18.7. The van der Waals surface area contributed by atoms with Gasteiger partial charge in [0.1, 0.15) is 0 Å². The quantitative estimate of drug-likeness (QED) is 0.865. The van der Waals surface area contributed by atoms with E-state index < -0.39 is 5.60 Å². The van der Waals surface area contributed by atoms with Crippen LogP contribution in [0.1, 0.15) is 60.3 Å². The van der Waals surface area contributed by atoms with E-state index in [4.69, 9.17) is 0 Å². The Morgan fingerprint density at radius 2 is 1.78 bits per heavy atom. The normalized spacial score (nSPS) is 29.6. The Balaban J connectivity index is 1.79. The van der Waals surface area contributed by atoms with Gasteiger partial charge in [-0.1, -0.05) is 20.8 Å². The van der Waals surface area contributed by atoms with Crippen LogP contribution in [0.25, 0.3) is 0 Å². The molecule has 0 aromatic carbocycles. The third-order valence-electron chi connectivity index (χ3n) is 5.28. The maximum atomic E-state index is 12.6. The number of piperazine rings is 1. The van der Waals surface area contributed by atoms with E-state index in [-0.39, 0.29) is 0 Å². The van der Waals surface area contributed by atoms with Crippen molar-refractivity contribution in [3.05, 3.63) is 0 Å². The van der Waals surface area contributed by atoms with Gasteiger partial charge in [0.15, 0.2) is 0 Å². The lowest BCUT2D eigenvalue weighted by molar-refractivity contribution is -0.135. The van der Waals surface area contributed by atoms with Crippen molar-refractivity contribution in [1.82, 2.24) is 9.80 Å². The fraction of sp³-hybridized carbons (Fsp3) is 0.947. The van der Waals surface area contributed by atoms with E-state index in [2.05, 4.69) is 25.7 Å². The summed E-state index contributed by atoms with van der Waals surface area (Å²) in [5, 5.41) is 9.91. The molecule has 2 rings (SSSR count). The van der Waals surface area contributed by atoms with Crippen LogP contribution in [0, 0.1) is 17.3 Å². The smallest absolute Gasteiger partial charge is 0.222 e. The highest BCUT2D eigenvalue weighted by Crippen LogP contribution is 2.42. The predicted octanol–water partition coefficient (Wildman–Crippen LogP) is 2.75. The van der Waals surface area contributed by atoms with Crippen LogP contribution in [0.4, 0.5) is 0 Å². The van der Waals surface area contributed by atoms with Crippen LogP contribution in [-0.2, 0) is 4.79 Å². The van der Waals surface area contributed by atoms with E-state index in [1.165, 1.54) is 19.3 Å². The summed E-state index contributed by atoms with van der Waals surface area (Å²) >= 11 is 0. The molecule has 1 heterocycles. The monoisotopic (exact) mass is 324 g/mol. The Bertz CT molecular complexity index is 406. The van der Waals surface area contributed by atoms with Crippen molar-refractivity contribution in [2.24, 2.45) is 17.3 Å². The second-order valence-corrected chi connectivity index (χ2v) is 9.45. The zero-order valence-corrected chi connectivity index (χ0v) is 15.8.